The van der Waals surface area contributed by atoms with Crippen LogP contribution in [0.2, 0.25) is 0 Å². The molecular formula is C20H29N3O2. The van der Waals surface area contributed by atoms with Gasteiger partial charge in [0.15, 0.2) is 6.29 Å². The molecule has 1 aromatic rings. The van der Waals surface area contributed by atoms with Crippen molar-refractivity contribution in [1.29, 1.82) is 0 Å². The average Bonchev–Trinajstić information content (AvgIpc) is 3.02. The highest BCUT2D eigenvalue weighted by atomic mass is 16.5. The van der Waals surface area contributed by atoms with E-state index in [1.165, 1.54) is 25.7 Å². The Hall–Kier alpha value is -1.75. The van der Waals surface area contributed by atoms with Crippen molar-refractivity contribution in [3.63, 3.8) is 0 Å². The molecule has 5 nitrogen and oxygen atoms in total. The van der Waals surface area contributed by atoms with Gasteiger partial charge in [0.2, 0.25) is 0 Å². The first-order valence-corrected chi connectivity index (χ1v) is 9.45. The number of carbonyl (C=O) groups is 1. The third-order valence-corrected chi connectivity index (χ3v) is 5.60. The van der Waals surface area contributed by atoms with Crippen LogP contribution < -0.4 is 4.74 Å². The predicted octanol–water partition coefficient (Wildman–Crippen LogP) is 3.59. The summed E-state index contributed by atoms with van der Waals surface area (Å²) in [6.45, 7) is 7.32. The molecule has 0 radical (unpaired) electrons. The molecule has 1 saturated carbocycles. The van der Waals surface area contributed by atoms with Gasteiger partial charge in [-0.15, -0.1) is 0 Å². The maximum absolute atomic E-state index is 11.1. The Morgan fingerprint density at radius 3 is 2.92 bits per heavy atom. The van der Waals surface area contributed by atoms with Gasteiger partial charge in [-0.05, 0) is 57.6 Å². The monoisotopic (exact) mass is 343 g/mol. The summed E-state index contributed by atoms with van der Waals surface area (Å²) < 4.78 is 6.02. The lowest BCUT2D eigenvalue weighted by Crippen LogP contribution is -2.48. The number of aliphatic imine (C=N–C) groups is 1. The molecule has 0 spiro atoms. The third-order valence-electron chi connectivity index (χ3n) is 5.60. The Kier molecular flexibility index (Phi) is 5.84. The molecule has 4 atom stereocenters. The molecule has 3 rings (SSSR count). The number of carbonyl (C=O) groups excluding carboxylic acids is 1. The van der Waals surface area contributed by atoms with Crippen LogP contribution in [0.1, 0.15) is 56.9 Å². The number of pyridine rings is 1. The summed E-state index contributed by atoms with van der Waals surface area (Å²) in [5.74, 6) is 1.63. The molecule has 1 aliphatic carbocycles. The molecule has 136 valence electrons. The van der Waals surface area contributed by atoms with E-state index < -0.39 is 0 Å². The lowest BCUT2D eigenvalue weighted by molar-refractivity contribution is 0.0624. The Morgan fingerprint density at radius 2 is 2.16 bits per heavy atom. The third kappa shape index (κ3) is 3.92. The summed E-state index contributed by atoms with van der Waals surface area (Å²) in [5, 5.41) is 0. The molecular weight excluding hydrogens is 314 g/mol. The summed E-state index contributed by atoms with van der Waals surface area (Å²) in [7, 11) is 0. The minimum Gasteiger partial charge on any atom is -0.491 e. The van der Waals surface area contributed by atoms with Crippen LogP contribution in [0.15, 0.2) is 23.3 Å². The normalized spacial score (nSPS) is 29.9. The molecule has 0 amide bonds. The predicted molar refractivity (Wildman–Crippen MR) is 99.3 cm³/mol. The van der Waals surface area contributed by atoms with E-state index in [0.29, 0.717) is 42.0 Å². The number of ether oxygens (including phenoxy) is 1. The van der Waals surface area contributed by atoms with Gasteiger partial charge < -0.3 is 4.74 Å². The number of hydrogen-bond acceptors (Lipinski definition) is 5. The maximum Gasteiger partial charge on any atom is 0.172 e. The van der Waals surface area contributed by atoms with Crippen molar-refractivity contribution in [2.24, 2.45) is 16.8 Å². The first-order chi connectivity index (χ1) is 12.1. The molecule has 1 fully saturated rings. The van der Waals surface area contributed by atoms with E-state index in [1.54, 1.807) is 6.20 Å². The zero-order valence-electron chi connectivity index (χ0n) is 15.5. The zero-order chi connectivity index (χ0) is 17.8. The van der Waals surface area contributed by atoms with Crippen LogP contribution >= 0.6 is 0 Å². The number of aromatic nitrogens is 1. The number of hydrogen-bond donors (Lipinski definition) is 0. The first kappa shape index (κ1) is 18.1. The van der Waals surface area contributed by atoms with Gasteiger partial charge in [0, 0.05) is 18.5 Å². The quantitative estimate of drug-likeness (QED) is 0.741. The molecule has 0 aromatic carbocycles. The Morgan fingerprint density at radius 1 is 1.36 bits per heavy atom. The van der Waals surface area contributed by atoms with Gasteiger partial charge in [-0.3, -0.25) is 14.7 Å². The maximum atomic E-state index is 11.1. The number of aldehydes is 1. The van der Waals surface area contributed by atoms with Gasteiger partial charge in [-0.25, -0.2) is 4.98 Å². The van der Waals surface area contributed by atoms with Crippen LogP contribution in [-0.2, 0) is 0 Å². The van der Waals surface area contributed by atoms with Crippen LogP contribution in [0.25, 0.3) is 0 Å². The van der Waals surface area contributed by atoms with Crippen molar-refractivity contribution in [3.05, 3.63) is 24.0 Å². The Balaban J connectivity index is 1.71. The minimum atomic E-state index is 0.258. The van der Waals surface area contributed by atoms with Crippen molar-refractivity contribution < 1.29 is 9.53 Å². The van der Waals surface area contributed by atoms with Gasteiger partial charge in [0.05, 0.1) is 18.8 Å². The molecule has 2 aliphatic rings. The average molecular weight is 343 g/mol. The van der Waals surface area contributed by atoms with Gasteiger partial charge in [0.1, 0.15) is 11.4 Å². The highest BCUT2D eigenvalue weighted by molar-refractivity contribution is 5.76. The molecule has 0 saturated heterocycles. The molecule has 0 N–H and O–H groups in total. The molecule has 0 bridgehead atoms. The summed E-state index contributed by atoms with van der Waals surface area (Å²) in [4.78, 5) is 22.4. The van der Waals surface area contributed by atoms with Crippen molar-refractivity contribution in [3.8, 4) is 5.75 Å². The number of rotatable bonds is 6. The van der Waals surface area contributed by atoms with E-state index in [-0.39, 0.29) is 6.17 Å². The lowest BCUT2D eigenvalue weighted by Gasteiger charge is -2.41. The van der Waals surface area contributed by atoms with E-state index >= 15 is 0 Å². The van der Waals surface area contributed by atoms with Crippen molar-refractivity contribution in [2.45, 2.75) is 64.7 Å². The highest BCUT2D eigenvalue weighted by Crippen LogP contribution is 2.37. The van der Waals surface area contributed by atoms with E-state index in [2.05, 4.69) is 41.9 Å². The molecule has 4 unspecified atom stereocenters. The Labute approximate surface area is 150 Å². The second-order valence-electron chi connectivity index (χ2n) is 7.49. The Bertz CT molecular complexity index is 617. The molecule has 25 heavy (non-hydrogen) atoms. The molecule has 2 heterocycles. The lowest BCUT2D eigenvalue weighted by atomic mass is 9.75. The molecule has 1 aliphatic heterocycles. The fraction of sp³-hybridized carbons (Fsp3) is 0.650. The van der Waals surface area contributed by atoms with Crippen LogP contribution in [0.3, 0.4) is 0 Å². The van der Waals surface area contributed by atoms with Crippen LogP contribution in [0, 0.1) is 11.8 Å². The van der Waals surface area contributed by atoms with E-state index in [9.17, 15) is 4.79 Å². The smallest absolute Gasteiger partial charge is 0.172 e. The van der Waals surface area contributed by atoms with Crippen molar-refractivity contribution in [1.82, 2.24) is 9.88 Å². The van der Waals surface area contributed by atoms with Crippen molar-refractivity contribution in [2.75, 3.05) is 6.61 Å². The standard InChI is InChI=1S/C20H29N3O2/c1-14(2)23-15(3)22-11-19(23)17-8-5-4-7-16(17)13-25-20-9-6-10-21-18(20)12-24/h6,9-12,14-17,19H,4-5,7-8,13H2,1-3H3. The summed E-state index contributed by atoms with van der Waals surface area (Å²) >= 11 is 0. The molecule has 5 heteroatoms. The van der Waals surface area contributed by atoms with Crippen LogP contribution in [0.4, 0.5) is 0 Å². The summed E-state index contributed by atoms with van der Waals surface area (Å²) in [5.41, 5.74) is 0.384. The van der Waals surface area contributed by atoms with Crippen LogP contribution in [-0.4, -0.2) is 47.2 Å². The molecule has 1 aromatic heterocycles. The zero-order valence-corrected chi connectivity index (χ0v) is 15.5. The van der Waals surface area contributed by atoms with E-state index in [0.717, 1.165) is 6.29 Å². The topological polar surface area (TPSA) is 54.8 Å². The van der Waals surface area contributed by atoms with Crippen molar-refractivity contribution >= 4 is 12.5 Å². The summed E-state index contributed by atoms with van der Waals surface area (Å²) in [6, 6.07) is 4.51. The van der Waals surface area contributed by atoms with Gasteiger partial charge in [0.25, 0.3) is 0 Å². The summed E-state index contributed by atoms with van der Waals surface area (Å²) in [6.07, 6.45) is 9.72. The fourth-order valence-electron chi connectivity index (χ4n) is 4.43. The number of nitrogens with zero attached hydrogens (tertiary/aromatic N) is 3. The highest BCUT2D eigenvalue weighted by Gasteiger charge is 2.39. The van der Waals surface area contributed by atoms with E-state index in [4.69, 9.17) is 4.74 Å². The largest absolute Gasteiger partial charge is 0.491 e. The van der Waals surface area contributed by atoms with Crippen LogP contribution in [0.5, 0.6) is 5.75 Å². The fourth-order valence-corrected chi connectivity index (χ4v) is 4.43. The van der Waals surface area contributed by atoms with Gasteiger partial charge >= 0.3 is 0 Å². The minimum absolute atomic E-state index is 0.258. The second kappa shape index (κ2) is 8.09. The SMILES string of the molecule is CC(C)N1C(C)N=CC1C1CCCCC1COc1cccnc1C=O. The van der Waals surface area contributed by atoms with Gasteiger partial charge in [-0.2, -0.15) is 0 Å². The van der Waals surface area contributed by atoms with Gasteiger partial charge in [-0.1, -0.05) is 12.8 Å². The van der Waals surface area contributed by atoms with E-state index in [1.807, 2.05) is 12.1 Å². The second-order valence-corrected chi connectivity index (χ2v) is 7.49. The first-order valence-electron chi connectivity index (χ1n) is 9.45.